The van der Waals surface area contributed by atoms with Gasteiger partial charge in [-0.3, -0.25) is 9.59 Å². The third-order valence-electron chi connectivity index (χ3n) is 3.36. The summed E-state index contributed by atoms with van der Waals surface area (Å²) in [5.74, 6) is -0.466. The molecule has 1 aromatic carbocycles. The zero-order chi connectivity index (χ0) is 15.8. The summed E-state index contributed by atoms with van der Waals surface area (Å²) in [5.41, 5.74) is 0.842. The molecular formula is C16H23FN2O2. The molecule has 0 saturated carbocycles. The molecule has 1 aromatic rings. The van der Waals surface area contributed by atoms with Crippen LogP contribution in [0.3, 0.4) is 0 Å². The van der Waals surface area contributed by atoms with Gasteiger partial charge in [0, 0.05) is 32.5 Å². The summed E-state index contributed by atoms with van der Waals surface area (Å²) in [7, 11) is 0. The van der Waals surface area contributed by atoms with Gasteiger partial charge in [0.15, 0.2) is 0 Å². The summed E-state index contributed by atoms with van der Waals surface area (Å²) >= 11 is 0. The predicted molar refractivity (Wildman–Crippen MR) is 80.0 cm³/mol. The average Bonchev–Trinajstić information content (AvgIpc) is 2.44. The van der Waals surface area contributed by atoms with E-state index in [1.807, 2.05) is 13.8 Å². The molecule has 0 radical (unpaired) electrons. The highest BCUT2D eigenvalue weighted by Gasteiger charge is 2.12. The van der Waals surface area contributed by atoms with Crippen molar-refractivity contribution in [3.63, 3.8) is 0 Å². The van der Waals surface area contributed by atoms with Crippen LogP contribution < -0.4 is 5.32 Å². The van der Waals surface area contributed by atoms with Gasteiger partial charge in [0.1, 0.15) is 5.82 Å². The Hall–Kier alpha value is -1.91. The molecule has 0 fully saturated rings. The summed E-state index contributed by atoms with van der Waals surface area (Å²) in [4.78, 5) is 25.0. The second-order valence-electron chi connectivity index (χ2n) is 5.19. The fourth-order valence-electron chi connectivity index (χ4n) is 1.84. The lowest BCUT2D eigenvalue weighted by Gasteiger charge is -2.21. The monoisotopic (exact) mass is 294 g/mol. The lowest BCUT2D eigenvalue weighted by Crippen LogP contribution is -2.36. The van der Waals surface area contributed by atoms with Crippen molar-refractivity contribution in [2.24, 2.45) is 0 Å². The van der Waals surface area contributed by atoms with Crippen molar-refractivity contribution in [2.45, 2.75) is 46.2 Å². The Balaban J connectivity index is 2.52. The number of hydrogen-bond donors (Lipinski definition) is 1. The Morgan fingerprint density at radius 3 is 2.43 bits per heavy atom. The van der Waals surface area contributed by atoms with Gasteiger partial charge in [-0.15, -0.1) is 0 Å². The first kappa shape index (κ1) is 17.1. The minimum atomic E-state index is -0.305. The molecule has 21 heavy (non-hydrogen) atoms. The van der Waals surface area contributed by atoms with Crippen LogP contribution in [0.2, 0.25) is 0 Å². The predicted octanol–water partition coefficient (Wildman–Crippen LogP) is 2.48. The first-order valence-corrected chi connectivity index (χ1v) is 7.21. The number of carbonyl (C=O) groups excluding carboxylic acids is 2. The number of nitrogens with zero attached hydrogens (tertiary/aromatic N) is 1. The molecule has 116 valence electrons. The van der Waals surface area contributed by atoms with Crippen LogP contribution in [0.25, 0.3) is 0 Å². The lowest BCUT2D eigenvalue weighted by atomic mass is 10.2. The molecule has 5 heteroatoms. The Kier molecular flexibility index (Phi) is 6.85. The van der Waals surface area contributed by atoms with E-state index in [4.69, 9.17) is 0 Å². The van der Waals surface area contributed by atoms with E-state index < -0.39 is 0 Å². The molecule has 1 rings (SSSR count). The molecule has 0 aliphatic heterocycles. The highest BCUT2D eigenvalue weighted by Crippen LogP contribution is 2.07. The van der Waals surface area contributed by atoms with Crippen molar-refractivity contribution in [1.82, 2.24) is 10.2 Å². The maximum absolute atomic E-state index is 12.9. The van der Waals surface area contributed by atoms with E-state index in [2.05, 4.69) is 5.32 Å². The van der Waals surface area contributed by atoms with Crippen LogP contribution in [0.1, 0.15) is 39.2 Å². The topological polar surface area (TPSA) is 49.4 Å². The van der Waals surface area contributed by atoms with E-state index in [0.29, 0.717) is 13.1 Å². The van der Waals surface area contributed by atoms with E-state index >= 15 is 0 Å². The molecule has 4 nitrogen and oxygen atoms in total. The second kappa shape index (κ2) is 8.39. The van der Waals surface area contributed by atoms with Gasteiger partial charge in [0.2, 0.25) is 11.8 Å². The number of nitrogens with one attached hydrogen (secondary N) is 1. The van der Waals surface area contributed by atoms with Crippen LogP contribution in [0.15, 0.2) is 24.3 Å². The van der Waals surface area contributed by atoms with Crippen LogP contribution in [0.4, 0.5) is 4.39 Å². The van der Waals surface area contributed by atoms with E-state index in [9.17, 15) is 14.0 Å². The Bertz CT molecular complexity index is 474. The number of hydrogen-bond acceptors (Lipinski definition) is 2. The average molecular weight is 294 g/mol. The van der Waals surface area contributed by atoms with Crippen LogP contribution in [0.5, 0.6) is 0 Å². The van der Waals surface area contributed by atoms with Gasteiger partial charge < -0.3 is 10.2 Å². The third kappa shape index (κ3) is 6.38. The van der Waals surface area contributed by atoms with Crippen LogP contribution in [-0.2, 0) is 16.1 Å². The van der Waals surface area contributed by atoms with Gasteiger partial charge in [0.25, 0.3) is 0 Å². The number of amides is 2. The van der Waals surface area contributed by atoms with E-state index in [-0.39, 0.29) is 30.1 Å². The SMILES string of the molecule is CCC(C)NC(=O)CCN(Cc1ccc(F)cc1)C(C)=O. The largest absolute Gasteiger partial charge is 0.354 e. The molecule has 0 aromatic heterocycles. The normalized spacial score (nSPS) is 11.8. The summed E-state index contributed by atoms with van der Waals surface area (Å²) in [6.07, 6.45) is 1.14. The second-order valence-corrected chi connectivity index (χ2v) is 5.19. The van der Waals surface area contributed by atoms with Gasteiger partial charge >= 0.3 is 0 Å². The van der Waals surface area contributed by atoms with Crippen LogP contribution in [0, 0.1) is 5.82 Å². The summed E-state index contributed by atoms with van der Waals surface area (Å²) in [6.45, 7) is 6.15. The standard InChI is InChI=1S/C16H23FN2O2/c1-4-12(2)18-16(21)9-10-19(13(3)20)11-14-5-7-15(17)8-6-14/h5-8,12H,4,9-11H2,1-3H3,(H,18,21). The maximum Gasteiger partial charge on any atom is 0.221 e. The maximum atomic E-state index is 12.9. The molecule has 0 bridgehead atoms. The van der Waals surface area contributed by atoms with E-state index in [1.165, 1.54) is 19.1 Å². The first-order valence-electron chi connectivity index (χ1n) is 7.21. The smallest absolute Gasteiger partial charge is 0.221 e. The Morgan fingerprint density at radius 2 is 1.90 bits per heavy atom. The number of halogens is 1. The zero-order valence-corrected chi connectivity index (χ0v) is 12.9. The molecule has 1 N–H and O–H groups in total. The number of benzene rings is 1. The minimum Gasteiger partial charge on any atom is -0.354 e. The zero-order valence-electron chi connectivity index (χ0n) is 12.9. The fraction of sp³-hybridized carbons (Fsp3) is 0.500. The van der Waals surface area contributed by atoms with Gasteiger partial charge in [-0.05, 0) is 31.0 Å². The van der Waals surface area contributed by atoms with E-state index in [1.54, 1.807) is 17.0 Å². The molecule has 2 amide bonds. The van der Waals surface area contributed by atoms with Crippen LogP contribution in [-0.4, -0.2) is 29.3 Å². The lowest BCUT2D eigenvalue weighted by molar-refractivity contribution is -0.130. The molecule has 0 spiro atoms. The van der Waals surface area contributed by atoms with Crippen molar-refractivity contribution < 1.29 is 14.0 Å². The van der Waals surface area contributed by atoms with Crippen molar-refractivity contribution >= 4 is 11.8 Å². The molecule has 0 heterocycles. The Labute approximate surface area is 125 Å². The highest BCUT2D eigenvalue weighted by molar-refractivity contribution is 5.78. The Morgan fingerprint density at radius 1 is 1.29 bits per heavy atom. The summed E-state index contributed by atoms with van der Waals surface area (Å²) in [6, 6.07) is 6.15. The molecule has 1 atom stereocenters. The van der Waals surface area contributed by atoms with Gasteiger partial charge in [-0.25, -0.2) is 4.39 Å². The molecule has 0 aliphatic rings. The third-order valence-corrected chi connectivity index (χ3v) is 3.36. The van der Waals surface area contributed by atoms with Crippen molar-refractivity contribution in [1.29, 1.82) is 0 Å². The molecule has 1 unspecified atom stereocenters. The summed E-state index contributed by atoms with van der Waals surface area (Å²) < 4.78 is 12.9. The minimum absolute atomic E-state index is 0.0605. The van der Waals surface area contributed by atoms with Crippen LogP contribution >= 0.6 is 0 Å². The quantitative estimate of drug-likeness (QED) is 0.840. The van der Waals surface area contributed by atoms with E-state index in [0.717, 1.165) is 12.0 Å². The van der Waals surface area contributed by atoms with Crippen molar-refractivity contribution in [3.8, 4) is 0 Å². The van der Waals surface area contributed by atoms with Gasteiger partial charge in [-0.1, -0.05) is 19.1 Å². The van der Waals surface area contributed by atoms with Crippen molar-refractivity contribution in [3.05, 3.63) is 35.6 Å². The van der Waals surface area contributed by atoms with Gasteiger partial charge in [-0.2, -0.15) is 0 Å². The molecular weight excluding hydrogens is 271 g/mol. The van der Waals surface area contributed by atoms with Gasteiger partial charge in [0.05, 0.1) is 0 Å². The first-order chi connectivity index (χ1) is 9.92. The van der Waals surface area contributed by atoms with Crippen molar-refractivity contribution in [2.75, 3.05) is 6.54 Å². The highest BCUT2D eigenvalue weighted by atomic mass is 19.1. The number of carbonyl (C=O) groups is 2. The number of rotatable bonds is 7. The summed E-state index contributed by atoms with van der Waals surface area (Å²) in [5, 5.41) is 2.87. The fourth-order valence-corrected chi connectivity index (χ4v) is 1.84. The molecule has 0 saturated heterocycles. The molecule has 0 aliphatic carbocycles.